The minimum atomic E-state index is -0.389. The highest BCUT2D eigenvalue weighted by molar-refractivity contribution is 5.48. The molecule has 88 valence electrons. The van der Waals surface area contributed by atoms with Crippen molar-refractivity contribution in [3.63, 3.8) is 0 Å². The van der Waals surface area contributed by atoms with E-state index < -0.39 is 0 Å². The van der Waals surface area contributed by atoms with Gasteiger partial charge in [-0.05, 0) is 31.4 Å². The molecule has 0 spiro atoms. The van der Waals surface area contributed by atoms with Gasteiger partial charge in [0.15, 0.2) is 11.6 Å². The summed E-state index contributed by atoms with van der Waals surface area (Å²) in [5.74, 6) is -0.155. The van der Waals surface area contributed by atoms with Crippen LogP contribution >= 0.6 is 0 Å². The molecule has 1 aliphatic carbocycles. The molecule has 0 unspecified atom stereocenters. The molecular weight excluding hydrogens is 209 g/mol. The summed E-state index contributed by atoms with van der Waals surface area (Å²) in [6, 6.07) is 4.77. The first-order valence-corrected chi connectivity index (χ1v) is 5.49. The van der Waals surface area contributed by atoms with Crippen LogP contribution in [0.2, 0.25) is 0 Å². The fourth-order valence-electron chi connectivity index (χ4n) is 2.08. The summed E-state index contributed by atoms with van der Waals surface area (Å²) in [6.07, 6.45) is 2.42. The van der Waals surface area contributed by atoms with Gasteiger partial charge in [-0.1, -0.05) is 0 Å². The van der Waals surface area contributed by atoms with Crippen molar-refractivity contribution in [2.75, 3.05) is 12.4 Å². The number of hydrogen-bond acceptors (Lipinski definition) is 3. The summed E-state index contributed by atoms with van der Waals surface area (Å²) in [6.45, 7) is 0. The van der Waals surface area contributed by atoms with Crippen LogP contribution in [0, 0.1) is 5.82 Å². The first-order chi connectivity index (χ1) is 7.70. The summed E-state index contributed by atoms with van der Waals surface area (Å²) < 4.78 is 18.2. The van der Waals surface area contributed by atoms with E-state index in [9.17, 15) is 9.50 Å². The Kier molecular flexibility index (Phi) is 3.29. The SMILES string of the molecule is COc1ccc(N[C@H]2CCC[C@@H]2O)cc1F. The molecule has 0 heterocycles. The van der Waals surface area contributed by atoms with Crippen LogP contribution in [-0.2, 0) is 0 Å². The van der Waals surface area contributed by atoms with Gasteiger partial charge in [0.1, 0.15) is 0 Å². The predicted molar refractivity (Wildman–Crippen MR) is 60.2 cm³/mol. The van der Waals surface area contributed by atoms with Gasteiger partial charge in [0.05, 0.1) is 19.3 Å². The van der Waals surface area contributed by atoms with E-state index in [4.69, 9.17) is 4.74 Å². The van der Waals surface area contributed by atoms with Crippen LogP contribution in [0.3, 0.4) is 0 Å². The van der Waals surface area contributed by atoms with E-state index in [1.807, 2.05) is 0 Å². The number of nitrogens with one attached hydrogen (secondary N) is 1. The Morgan fingerprint density at radius 2 is 2.25 bits per heavy atom. The molecule has 0 amide bonds. The smallest absolute Gasteiger partial charge is 0.167 e. The molecule has 0 saturated heterocycles. The van der Waals surface area contributed by atoms with Crippen molar-refractivity contribution in [3.8, 4) is 5.75 Å². The average Bonchev–Trinajstić information content (AvgIpc) is 2.65. The van der Waals surface area contributed by atoms with Gasteiger partial charge in [0.25, 0.3) is 0 Å². The molecular formula is C12H16FNO2. The summed E-state index contributed by atoms with van der Waals surface area (Å²) in [7, 11) is 1.44. The van der Waals surface area contributed by atoms with Crippen LogP contribution in [-0.4, -0.2) is 24.4 Å². The second-order valence-electron chi connectivity index (χ2n) is 4.10. The van der Waals surface area contributed by atoms with Crippen molar-refractivity contribution in [2.45, 2.75) is 31.4 Å². The van der Waals surface area contributed by atoms with Crippen molar-refractivity contribution >= 4 is 5.69 Å². The van der Waals surface area contributed by atoms with Gasteiger partial charge in [-0.25, -0.2) is 4.39 Å². The lowest BCUT2D eigenvalue weighted by Crippen LogP contribution is -2.27. The molecule has 0 aromatic heterocycles. The van der Waals surface area contributed by atoms with Crippen molar-refractivity contribution in [1.82, 2.24) is 0 Å². The van der Waals surface area contributed by atoms with E-state index in [1.165, 1.54) is 13.2 Å². The van der Waals surface area contributed by atoms with Gasteiger partial charge in [0.2, 0.25) is 0 Å². The first kappa shape index (κ1) is 11.2. The number of rotatable bonds is 3. The number of hydrogen-bond donors (Lipinski definition) is 2. The maximum Gasteiger partial charge on any atom is 0.167 e. The summed E-state index contributed by atoms with van der Waals surface area (Å²) in [4.78, 5) is 0. The zero-order valence-corrected chi connectivity index (χ0v) is 9.24. The Balaban J connectivity index is 2.07. The number of halogens is 1. The molecule has 1 fully saturated rings. The second kappa shape index (κ2) is 4.70. The predicted octanol–water partition coefficient (Wildman–Crippen LogP) is 2.16. The van der Waals surface area contributed by atoms with Crippen molar-refractivity contribution in [3.05, 3.63) is 24.0 Å². The van der Waals surface area contributed by atoms with Gasteiger partial charge in [0, 0.05) is 11.8 Å². The van der Waals surface area contributed by atoms with E-state index in [0.29, 0.717) is 5.69 Å². The van der Waals surface area contributed by atoms with Crippen molar-refractivity contribution in [2.24, 2.45) is 0 Å². The van der Waals surface area contributed by atoms with Crippen LogP contribution in [0.5, 0.6) is 5.75 Å². The number of anilines is 1. The second-order valence-corrected chi connectivity index (χ2v) is 4.10. The van der Waals surface area contributed by atoms with E-state index in [-0.39, 0.29) is 23.7 Å². The summed E-state index contributed by atoms with van der Waals surface area (Å²) in [5, 5.41) is 12.8. The highest BCUT2D eigenvalue weighted by Crippen LogP contribution is 2.25. The lowest BCUT2D eigenvalue weighted by atomic mass is 10.2. The Bertz CT molecular complexity index is 370. The maximum atomic E-state index is 13.4. The molecule has 16 heavy (non-hydrogen) atoms. The lowest BCUT2D eigenvalue weighted by Gasteiger charge is -2.18. The van der Waals surface area contributed by atoms with E-state index in [2.05, 4.69) is 5.32 Å². The normalized spacial score (nSPS) is 24.4. The van der Waals surface area contributed by atoms with E-state index in [0.717, 1.165) is 19.3 Å². The number of methoxy groups -OCH3 is 1. The van der Waals surface area contributed by atoms with E-state index >= 15 is 0 Å². The van der Waals surface area contributed by atoms with Crippen molar-refractivity contribution < 1.29 is 14.2 Å². The first-order valence-electron chi connectivity index (χ1n) is 5.49. The van der Waals surface area contributed by atoms with Crippen LogP contribution in [0.1, 0.15) is 19.3 Å². The Hall–Kier alpha value is -1.29. The fourth-order valence-corrected chi connectivity index (χ4v) is 2.08. The minimum Gasteiger partial charge on any atom is -0.494 e. The third-order valence-corrected chi connectivity index (χ3v) is 2.98. The zero-order valence-electron chi connectivity index (χ0n) is 9.24. The molecule has 1 aromatic rings. The quantitative estimate of drug-likeness (QED) is 0.828. The average molecular weight is 225 g/mol. The van der Waals surface area contributed by atoms with Gasteiger partial charge in [-0.2, -0.15) is 0 Å². The van der Waals surface area contributed by atoms with Gasteiger partial charge < -0.3 is 15.2 Å². The van der Waals surface area contributed by atoms with Gasteiger partial charge >= 0.3 is 0 Å². The summed E-state index contributed by atoms with van der Waals surface area (Å²) in [5.41, 5.74) is 0.684. The molecule has 0 radical (unpaired) electrons. The molecule has 0 aliphatic heterocycles. The Labute approximate surface area is 94.2 Å². The Morgan fingerprint density at radius 1 is 1.44 bits per heavy atom. The lowest BCUT2D eigenvalue weighted by molar-refractivity contribution is 0.172. The van der Waals surface area contributed by atoms with Gasteiger partial charge in [-0.3, -0.25) is 0 Å². The highest BCUT2D eigenvalue weighted by Gasteiger charge is 2.24. The molecule has 0 bridgehead atoms. The number of ether oxygens (including phenoxy) is 1. The zero-order chi connectivity index (χ0) is 11.5. The third kappa shape index (κ3) is 2.27. The standard InChI is InChI=1S/C12H16FNO2/c1-16-12-6-5-8(7-9(12)13)14-10-3-2-4-11(10)15/h5-7,10-11,14-15H,2-4H2,1H3/t10-,11-/m0/s1. The van der Waals surface area contributed by atoms with Crippen LogP contribution in [0.4, 0.5) is 10.1 Å². The minimum absolute atomic E-state index is 0.0350. The van der Waals surface area contributed by atoms with Crippen LogP contribution < -0.4 is 10.1 Å². The molecule has 2 N–H and O–H groups in total. The largest absolute Gasteiger partial charge is 0.494 e. The number of aliphatic hydroxyl groups is 1. The molecule has 2 rings (SSSR count). The Morgan fingerprint density at radius 3 is 2.81 bits per heavy atom. The number of aliphatic hydroxyl groups excluding tert-OH is 1. The van der Waals surface area contributed by atoms with Gasteiger partial charge in [-0.15, -0.1) is 0 Å². The molecule has 4 heteroatoms. The number of benzene rings is 1. The molecule has 1 aromatic carbocycles. The maximum absolute atomic E-state index is 13.4. The fraction of sp³-hybridized carbons (Fsp3) is 0.500. The molecule has 2 atom stereocenters. The topological polar surface area (TPSA) is 41.5 Å². The molecule has 1 saturated carbocycles. The van der Waals surface area contributed by atoms with E-state index in [1.54, 1.807) is 12.1 Å². The van der Waals surface area contributed by atoms with Crippen LogP contribution in [0.15, 0.2) is 18.2 Å². The van der Waals surface area contributed by atoms with Crippen LogP contribution in [0.25, 0.3) is 0 Å². The highest BCUT2D eigenvalue weighted by atomic mass is 19.1. The molecule has 3 nitrogen and oxygen atoms in total. The monoisotopic (exact) mass is 225 g/mol. The third-order valence-electron chi connectivity index (χ3n) is 2.98. The molecule has 1 aliphatic rings. The summed E-state index contributed by atoms with van der Waals surface area (Å²) >= 11 is 0. The van der Waals surface area contributed by atoms with Crippen molar-refractivity contribution in [1.29, 1.82) is 0 Å².